The summed E-state index contributed by atoms with van der Waals surface area (Å²) in [4.78, 5) is 42.6. The minimum absolute atomic E-state index is 0.0872. The molecule has 2 amide bonds. The lowest BCUT2D eigenvalue weighted by Crippen LogP contribution is -2.33. The van der Waals surface area contributed by atoms with Crippen molar-refractivity contribution in [3.8, 4) is 11.4 Å². The highest BCUT2D eigenvalue weighted by Gasteiger charge is 2.32. The second-order valence-electron chi connectivity index (χ2n) is 8.81. The lowest BCUT2D eigenvalue weighted by atomic mass is 10.0. The van der Waals surface area contributed by atoms with E-state index in [1.165, 1.54) is 0 Å². The molecule has 1 fully saturated rings. The van der Waals surface area contributed by atoms with Gasteiger partial charge in [-0.2, -0.15) is 0 Å². The molecule has 2 aliphatic heterocycles. The van der Waals surface area contributed by atoms with E-state index in [2.05, 4.69) is 4.98 Å². The zero-order valence-corrected chi connectivity index (χ0v) is 19.1. The minimum atomic E-state index is 0.0872. The van der Waals surface area contributed by atoms with E-state index >= 15 is 0 Å². The Bertz CT molecular complexity index is 1190. The van der Waals surface area contributed by atoms with Crippen LogP contribution in [0.25, 0.3) is 11.4 Å². The number of aromatic nitrogens is 4. The van der Waals surface area contributed by atoms with Crippen LogP contribution >= 0.6 is 0 Å². The maximum atomic E-state index is 13.0. The van der Waals surface area contributed by atoms with Crippen molar-refractivity contribution in [2.75, 3.05) is 25.0 Å². The highest BCUT2D eigenvalue weighted by molar-refractivity contribution is 5.94. The van der Waals surface area contributed by atoms with E-state index in [0.29, 0.717) is 38.9 Å². The average molecular weight is 445 g/mol. The third kappa shape index (κ3) is 4.13. The number of hydrogen-bond acceptors (Lipinski definition) is 5. The van der Waals surface area contributed by atoms with E-state index in [9.17, 15) is 9.59 Å². The molecule has 1 saturated heterocycles. The zero-order valence-electron chi connectivity index (χ0n) is 19.1. The van der Waals surface area contributed by atoms with Gasteiger partial charge in [0.1, 0.15) is 17.5 Å². The first-order valence-electron chi connectivity index (χ1n) is 11.5. The molecule has 33 heavy (non-hydrogen) atoms. The van der Waals surface area contributed by atoms with Crippen molar-refractivity contribution in [1.82, 2.24) is 24.4 Å². The number of nitrogens with zero attached hydrogens (tertiary/aromatic N) is 6. The molecule has 5 rings (SSSR count). The number of aryl methyl sites for hydroxylation is 2. The molecule has 0 aliphatic carbocycles. The van der Waals surface area contributed by atoms with Crippen molar-refractivity contribution in [2.24, 2.45) is 0 Å². The molecule has 2 aliphatic rings. The number of anilines is 1. The molecular weight excluding hydrogens is 416 g/mol. The van der Waals surface area contributed by atoms with Gasteiger partial charge in [0.25, 0.3) is 0 Å². The fraction of sp³-hybridized carbons (Fsp3) is 0.400. The summed E-state index contributed by atoms with van der Waals surface area (Å²) in [5.41, 5.74) is 3.04. The second-order valence-corrected chi connectivity index (χ2v) is 8.81. The molecule has 0 unspecified atom stereocenters. The summed E-state index contributed by atoms with van der Waals surface area (Å²) in [5.74, 6) is 2.66. The molecule has 0 saturated carbocycles. The molecule has 8 heteroatoms. The molecule has 3 aromatic rings. The van der Waals surface area contributed by atoms with Crippen LogP contribution in [0.2, 0.25) is 0 Å². The fourth-order valence-corrected chi connectivity index (χ4v) is 4.78. The summed E-state index contributed by atoms with van der Waals surface area (Å²) in [6.45, 7) is 3.89. The average Bonchev–Trinajstić information content (AvgIpc) is 3.51. The number of hydrogen-bond donors (Lipinski definition) is 0. The minimum Gasteiger partial charge on any atom is -0.342 e. The van der Waals surface area contributed by atoms with Gasteiger partial charge in [0.2, 0.25) is 11.8 Å². The van der Waals surface area contributed by atoms with Gasteiger partial charge in [0.15, 0.2) is 0 Å². The largest absolute Gasteiger partial charge is 0.342 e. The van der Waals surface area contributed by atoms with E-state index in [0.717, 1.165) is 40.7 Å². The highest BCUT2D eigenvalue weighted by Crippen LogP contribution is 2.31. The van der Waals surface area contributed by atoms with E-state index in [-0.39, 0.29) is 17.7 Å². The van der Waals surface area contributed by atoms with Gasteiger partial charge >= 0.3 is 0 Å². The Balaban J connectivity index is 1.24. The van der Waals surface area contributed by atoms with Gasteiger partial charge in [-0.3, -0.25) is 14.5 Å². The first-order chi connectivity index (χ1) is 16.0. The van der Waals surface area contributed by atoms with Gasteiger partial charge in [-0.15, -0.1) is 0 Å². The Morgan fingerprint density at radius 2 is 1.97 bits per heavy atom. The second kappa shape index (κ2) is 8.77. The van der Waals surface area contributed by atoms with Gasteiger partial charge in [0.05, 0.1) is 0 Å². The third-order valence-electron chi connectivity index (χ3n) is 6.71. The van der Waals surface area contributed by atoms with E-state index < -0.39 is 0 Å². The first kappa shape index (κ1) is 21.3. The summed E-state index contributed by atoms with van der Waals surface area (Å²) >= 11 is 0. The number of benzene rings is 1. The van der Waals surface area contributed by atoms with Crippen molar-refractivity contribution in [2.45, 2.75) is 45.1 Å². The van der Waals surface area contributed by atoms with Crippen molar-refractivity contribution in [3.63, 3.8) is 0 Å². The Kier molecular flexibility index (Phi) is 5.66. The smallest absolute Gasteiger partial charge is 0.228 e. The predicted molar refractivity (Wildman–Crippen MR) is 125 cm³/mol. The lowest BCUT2D eigenvalue weighted by molar-refractivity contribution is -0.130. The first-order valence-corrected chi connectivity index (χ1v) is 11.5. The molecule has 2 aromatic heterocycles. The molecule has 0 spiro atoms. The fourth-order valence-electron chi connectivity index (χ4n) is 4.78. The standard InChI is InChI=1S/C25H28N6O2/c1-17-20-8-9-21(32)29(2)25(20)28-23(27-17)19-10-13-31(16-19)22(33)11-14-30-15-12-26-24(30)18-6-4-3-5-7-18/h3-7,12,15,19H,8-11,13-14,16H2,1-2H3/t19-/m1/s1. The normalized spacial score (nSPS) is 18.0. The number of fused-ring (bicyclic) bond motifs is 1. The SMILES string of the molecule is Cc1nc([C@@H]2CCN(C(=O)CCn3ccnc3-c3ccccc3)C2)nc2c1CCC(=O)N2C. The maximum Gasteiger partial charge on any atom is 0.228 e. The summed E-state index contributed by atoms with van der Waals surface area (Å²) in [6.07, 6.45) is 6.15. The van der Waals surface area contributed by atoms with E-state index in [4.69, 9.17) is 9.97 Å². The molecule has 1 aromatic carbocycles. The van der Waals surface area contributed by atoms with Crippen molar-refractivity contribution in [1.29, 1.82) is 0 Å². The van der Waals surface area contributed by atoms with Crippen LogP contribution in [0.4, 0.5) is 5.82 Å². The van der Waals surface area contributed by atoms with Crippen LogP contribution in [0.15, 0.2) is 42.7 Å². The van der Waals surface area contributed by atoms with Gasteiger partial charge < -0.3 is 9.47 Å². The molecule has 0 N–H and O–H groups in total. The number of carbonyl (C=O) groups excluding carboxylic acids is 2. The molecule has 0 bridgehead atoms. The van der Waals surface area contributed by atoms with Crippen molar-refractivity contribution in [3.05, 3.63) is 59.8 Å². The van der Waals surface area contributed by atoms with Gasteiger partial charge in [-0.1, -0.05) is 30.3 Å². The zero-order chi connectivity index (χ0) is 22.9. The predicted octanol–water partition coefficient (Wildman–Crippen LogP) is 2.96. The number of imidazole rings is 1. The molecule has 4 heterocycles. The van der Waals surface area contributed by atoms with Crippen LogP contribution in [-0.4, -0.2) is 56.4 Å². The van der Waals surface area contributed by atoms with Crippen molar-refractivity contribution < 1.29 is 9.59 Å². The van der Waals surface area contributed by atoms with Crippen LogP contribution in [0.5, 0.6) is 0 Å². The van der Waals surface area contributed by atoms with Crippen LogP contribution in [0.1, 0.15) is 42.3 Å². The monoisotopic (exact) mass is 444 g/mol. The van der Waals surface area contributed by atoms with E-state index in [1.54, 1.807) is 18.1 Å². The summed E-state index contributed by atoms with van der Waals surface area (Å²) in [6, 6.07) is 10.0. The quantitative estimate of drug-likeness (QED) is 0.604. The summed E-state index contributed by atoms with van der Waals surface area (Å²) in [5, 5.41) is 0. The highest BCUT2D eigenvalue weighted by atomic mass is 16.2. The molecule has 170 valence electrons. The topological polar surface area (TPSA) is 84.2 Å². The van der Waals surface area contributed by atoms with Crippen LogP contribution in [0, 0.1) is 6.92 Å². The Morgan fingerprint density at radius 1 is 1.15 bits per heavy atom. The Morgan fingerprint density at radius 3 is 2.79 bits per heavy atom. The molecule has 1 atom stereocenters. The molecular formula is C25H28N6O2. The van der Waals surface area contributed by atoms with Gasteiger partial charge in [-0.25, -0.2) is 15.0 Å². The van der Waals surface area contributed by atoms with E-state index in [1.807, 2.05) is 52.9 Å². The van der Waals surface area contributed by atoms with Crippen molar-refractivity contribution >= 4 is 17.6 Å². The maximum absolute atomic E-state index is 13.0. The lowest BCUT2D eigenvalue weighted by Gasteiger charge is -2.26. The number of rotatable bonds is 5. The molecule has 8 nitrogen and oxygen atoms in total. The van der Waals surface area contributed by atoms with Gasteiger partial charge in [0, 0.05) is 74.7 Å². The van der Waals surface area contributed by atoms with Crippen LogP contribution in [0.3, 0.4) is 0 Å². The van der Waals surface area contributed by atoms with Crippen LogP contribution in [-0.2, 0) is 22.6 Å². The number of amides is 2. The Hall–Kier alpha value is -3.55. The number of carbonyl (C=O) groups is 2. The van der Waals surface area contributed by atoms with Gasteiger partial charge in [-0.05, 0) is 19.8 Å². The molecule has 0 radical (unpaired) electrons. The third-order valence-corrected chi connectivity index (χ3v) is 6.71. The summed E-state index contributed by atoms with van der Waals surface area (Å²) < 4.78 is 2.03. The number of likely N-dealkylation sites (tertiary alicyclic amines) is 1. The Labute approximate surface area is 193 Å². The summed E-state index contributed by atoms with van der Waals surface area (Å²) in [7, 11) is 1.78. The van der Waals surface area contributed by atoms with Crippen LogP contribution < -0.4 is 4.90 Å².